The fraction of sp³-hybridized carbons (Fsp3) is 1.00. The fourth-order valence-corrected chi connectivity index (χ4v) is 18.2. The Bertz CT molecular complexity index is 243. The van der Waals surface area contributed by atoms with Crippen molar-refractivity contribution < 1.29 is 11.3 Å². The number of halogens is 1. The Morgan fingerprint density at radius 3 is 1.94 bits per heavy atom. The zero-order valence-electron chi connectivity index (χ0n) is 10.7. The second-order valence-electron chi connectivity index (χ2n) is 5.54. The third-order valence-corrected chi connectivity index (χ3v) is 20.3. The van der Waals surface area contributed by atoms with E-state index >= 15 is 0 Å². The molecule has 4 nitrogen and oxygen atoms in total. The quantitative estimate of drug-likeness (QED) is 0.573. The number of alkyl halides is 1. The van der Waals surface area contributed by atoms with Gasteiger partial charge in [-0.15, -0.1) is 0 Å². The van der Waals surface area contributed by atoms with Gasteiger partial charge in [-0.25, -0.2) is 0 Å². The van der Waals surface area contributed by atoms with Gasteiger partial charge < -0.3 is 0 Å². The average molecular weight is 340 g/mol. The van der Waals surface area contributed by atoms with Crippen LogP contribution >= 0.6 is 11.6 Å². The van der Waals surface area contributed by atoms with E-state index in [2.05, 4.69) is 18.0 Å². The molecule has 3 rings (SSSR count). The molecule has 3 aliphatic rings. The summed E-state index contributed by atoms with van der Waals surface area (Å²) >= 11 is 3.08. The minimum absolute atomic E-state index is 0.752. The van der Waals surface area contributed by atoms with Crippen LogP contribution in [0.25, 0.3) is 0 Å². The first-order chi connectivity index (χ1) is 8.05. The van der Waals surface area contributed by atoms with Crippen molar-refractivity contribution in [3.8, 4) is 0 Å². The van der Waals surface area contributed by atoms with Crippen LogP contribution in [0.15, 0.2) is 0 Å². The van der Waals surface area contributed by atoms with Gasteiger partial charge in [0.1, 0.15) is 0 Å². The summed E-state index contributed by atoms with van der Waals surface area (Å²) in [5, 5.41) is 0. The SMILES string of the molecule is C[Si](C)(CCl)[CH2][Ge]12[O]CCN(CC[O]1)CC[O]2. The molecular weight excluding hydrogens is 318 g/mol. The van der Waals surface area contributed by atoms with E-state index in [-0.39, 0.29) is 0 Å². The average Bonchev–Trinajstić information content (AvgIpc) is 2.19. The summed E-state index contributed by atoms with van der Waals surface area (Å²) in [5.41, 5.74) is 0.752. The number of nitrogens with zero attached hydrogens (tertiary/aromatic N) is 1. The molecule has 2 bridgehead atoms. The van der Waals surface area contributed by atoms with Crippen molar-refractivity contribution >= 4 is 34.0 Å². The van der Waals surface area contributed by atoms with Gasteiger partial charge in [0.25, 0.3) is 0 Å². The van der Waals surface area contributed by atoms with Crippen LogP contribution in [-0.4, -0.2) is 72.2 Å². The standard InChI is InChI=1S/C10H22ClGeNO3Si/c1-17(2,9-11)10-12-14-6-3-13(4-7-15-12)5-8-16-12/h3-10H2,1-2H3. The number of hydrogen-bond acceptors (Lipinski definition) is 4. The predicted molar refractivity (Wildman–Crippen MR) is 73.1 cm³/mol. The van der Waals surface area contributed by atoms with Crippen LogP contribution in [0.3, 0.4) is 0 Å². The zero-order valence-corrected chi connectivity index (χ0v) is 14.6. The van der Waals surface area contributed by atoms with E-state index in [0.29, 0.717) is 0 Å². The molecule has 0 radical (unpaired) electrons. The van der Waals surface area contributed by atoms with Crippen LogP contribution in [0.2, 0.25) is 18.0 Å². The van der Waals surface area contributed by atoms with Gasteiger partial charge in [0.15, 0.2) is 0 Å². The second-order valence-corrected chi connectivity index (χ2v) is 18.2. The van der Waals surface area contributed by atoms with Gasteiger partial charge >= 0.3 is 113 Å². The summed E-state index contributed by atoms with van der Waals surface area (Å²) in [5.74, 6) is 0. The molecule has 0 unspecified atom stereocenters. The summed E-state index contributed by atoms with van der Waals surface area (Å²) in [6, 6.07) is 0. The van der Waals surface area contributed by atoms with Gasteiger partial charge in [0, 0.05) is 0 Å². The van der Waals surface area contributed by atoms with E-state index in [1.165, 1.54) is 0 Å². The fourth-order valence-electron chi connectivity index (χ4n) is 2.24. The van der Waals surface area contributed by atoms with Crippen LogP contribution in [-0.2, 0) is 11.3 Å². The Morgan fingerprint density at radius 2 is 1.53 bits per heavy atom. The Hall–Kier alpha value is 0.890. The molecule has 3 saturated heterocycles. The molecule has 0 spiro atoms. The van der Waals surface area contributed by atoms with Gasteiger partial charge in [-0.2, -0.15) is 0 Å². The summed E-state index contributed by atoms with van der Waals surface area (Å²) < 4.78 is 18.2. The van der Waals surface area contributed by atoms with Gasteiger partial charge in [0.2, 0.25) is 0 Å². The predicted octanol–water partition coefficient (Wildman–Crippen LogP) is 1.33. The van der Waals surface area contributed by atoms with Gasteiger partial charge in [-0.3, -0.25) is 0 Å². The minimum atomic E-state index is -3.00. The molecule has 3 aliphatic heterocycles. The third-order valence-electron chi connectivity index (χ3n) is 3.25. The summed E-state index contributed by atoms with van der Waals surface area (Å²) in [7, 11) is -1.44. The molecule has 0 atom stereocenters. The zero-order chi connectivity index (χ0) is 12.4. The van der Waals surface area contributed by atoms with Crippen molar-refractivity contribution in [1.82, 2.24) is 4.90 Å². The molecule has 3 heterocycles. The van der Waals surface area contributed by atoms with E-state index < -0.39 is 22.3 Å². The van der Waals surface area contributed by atoms with Crippen LogP contribution in [0, 0.1) is 0 Å². The van der Waals surface area contributed by atoms with Crippen LogP contribution in [0.1, 0.15) is 0 Å². The molecular formula is C10H22ClGeNO3Si. The summed E-state index contributed by atoms with van der Waals surface area (Å²) in [6.07, 6.45) is 0. The van der Waals surface area contributed by atoms with Gasteiger partial charge in [-0.1, -0.05) is 0 Å². The molecule has 0 N–H and O–H groups in total. The Labute approximate surface area is 113 Å². The summed E-state index contributed by atoms with van der Waals surface area (Å²) in [4.78, 5) is 3.34. The number of fused-ring (bicyclic) bond motifs is 6. The molecule has 3 fully saturated rings. The second kappa shape index (κ2) is 5.90. The first-order valence-corrected chi connectivity index (χ1v) is 14.3. The van der Waals surface area contributed by atoms with Crippen LogP contribution in [0.4, 0.5) is 0 Å². The molecule has 0 aromatic rings. The normalized spacial score (nSPS) is 35.1. The topological polar surface area (TPSA) is 30.9 Å². The van der Waals surface area contributed by atoms with Crippen molar-refractivity contribution in [1.29, 1.82) is 0 Å². The first-order valence-electron chi connectivity index (χ1n) is 6.26. The molecule has 0 aromatic heterocycles. The van der Waals surface area contributed by atoms with Gasteiger partial charge in [0.05, 0.1) is 0 Å². The number of rotatable bonds is 3. The van der Waals surface area contributed by atoms with Crippen molar-refractivity contribution in [2.24, 2.45) is 0 Å². The molecule has 0 amide bonds. The van der Waals surface area contributed by atoms with Crippen molar-refractivity contribution in [2.45, 2.75) is 18.0 Å². The molecule has 7 heteroatoms. The van der Waals surface area contributed by atoms with E-state index in [0.717, 1.165) is 49.8 Å². The van der Waals surface area contributed by atoms with E-state index in [9.17, 15) is 0 Å². The van der Waals surface area contributed by atoms with Crippen molar-refractivity contribution in [3.63, 3.8) is 0 Å². The van der Waals surface area contributed by atoms with Crippen LogP contribution in [0.5, 0.6) is 0 Å². The molecule has 17 heavy (non-hydrogen) atoms. The van der Waals surface area contributed by atoms with Crippen molar-refractivity contribution in [2.75, 3.05) is 45.0 Å². The van der Waals surface area contributed by atoms with Crippen LogP contribution < -0.4 is 0 Å². The van der Waals surface area contributed by atoms with Gasteiger partial charge in [-0.05, 0) is 0 Å². The monoisotopic (exact) mass is 341 g/mol. The first kappa shape index (κ1) is 14.3. The molecule has 0 aliphatic carbocycles. The Kier molecular flexibility index (Phi) is 4.96. The molecule has 0 aromatic carbocycles. The third kappa shape index (κ3) is 3.92. The molecule has 100 valence electrons. The van der Waals surface area contributed by atoms with E-state index in [1.807, 2.05) is 0 Å². The Morgan fingerprint density at radius 1 is 1.06 bits per heavy atom. The summed E-state index contributed by atoms with van der Waals surface area (Å²) in [6.45, 7) is 9.90. The maximum atomic E-state index is 6.07. The maximum absolute atomic E-state index is 6.07. The van der Waals surface area contributed by atoms with E-state index in [4.69, 9.17) is 22.9 Å². The number of hydrogen-bond donors (Lipinski definition) is 0. The molecule has 0 saturated carbocycles. The van der Waals surface area contributed by atoms with Crippen molar-refractivity contribution in [3.05, 3.63) is 0 Å². The van der Waals surface area contributed by atoms with E-state index in [1.54, 1.807) is 0 Å². The Balaban J connectivity index is 2.08.